The van der Waals surface area contributed by atoms with E-state index in [1.54, 1.807) is 0 Å². The van der Waals surface area contributed by atoms with E-state index in [2.05, 4.69) is 68.3 Å². The third kappa shape index (κ3) is 3.78. The van der Waals surface area contributed by atoms with Crippen LogP contribution in [-0.2, 0) is 4.79 Å². The van der Waals surface area contributed by atoms with Crippen molar-refractivity contribution >= 4 is 23.4 Å². The predicted molar refractivity (Wildman–Crippen MR) is 118 cm³/mol. The van der Waals surface area contributed by atoms with Crippen molar-refractivity contribution in [3.63, 3.8) is 0 Å². The normalized spacial score (nSPS) is 20.9. The van der Waals surface area contributed by atoms with Gasteiger partial charge in [-0.05, 0) is 23.5 Å². The summed E-state index contributed by atoms with van der Waals surface area (Å²) < 4.78 is 0. The molecular weight excluding hydrogens is 382 g/mol. The highest BCUT2D eigenvalue weighted by atomic mass is 32.2. The van der Waals surface area contributed by atoms with E-state index in [1.807, 2.05) is 0 Å². The Kier molecular flexibility index (Phi) is 5.38. The number of hydrogen-bond donors (Lipinski definition) is 2. The molecule has 0 bridgehead atoms. The number of hydrogen-bond acceptors (Lipinski definition) is 5. The minimum absolute atomic E-state index is 0.166. The van der Waals surface area contributed by atoms with Crippen LogP contribution in [0.25, 0.3) is 0 Å². The Morgan fingerprint density at radius 2 is 1.79 bits per heavy atom. The van der Waals surface area contributed by atoms with E-state index in [0.717, 1.165) is 17.7 Å². The van der Waals surface area contributed by atoms with Crippen molar-refractivity contribution in [1.29, 1.82) is 0 Å². The Balaban J connectivity index is 1.88. The van der Waals surface area contributed by atoms with Crippen molar-refractivity contribution in [3.05, 3.63) is 63.1 Å². The van der Waals surface area contributed by atoms with Crippen LogP contribution >= 0.6 is 11.8 Å². The second kappa shape index (κ2) is 7.82. The number of aromatic amines is 1. The number of carbonyl (C=O) groups is 1. The van der Waals surface area contributed by atoms with Crippen molar-refractivity contribution in [2.24, 2.45) is 5.92 Å². The number of fused-ring (bicyclic) bond motifs is 2. The number of allylic oxidation sites excluding steroid dienone is 2. The third-order valence-electron chi connectivity index (χ3n) is 5.59. The van der Waals surface area contributed by atoms with Crippen LogP contribution in [0.5, 0.6) is 0 Å². The van der Waals surface area contributed by atoms with Crippen LogP contribution in [0.15, 0.2) is 46.0 Å². The van der Waals surface area contributed by atoms with E-state index >= 15 is 0 Å². The standard InChI is InChI=1S/C23H27N3O2S/c1-12(2)14-8-10-15(11-9-14)18-19-16(6-5-7-17(19)27)24-21-20(18)22(28)26-23(25-21)29-13(3)4/h6,8-13,18-19H,5,7H2,1-4H3,(H2,24,25,26,28)/t18-,19-/m1/s1. The Morgan fingerprint density at radius 1 is 1.07 bits per heavy atom. The molecule has 152 valence electrons. The van der Waals surface area contributed by atoms with E-state index in [9.17, 15) is 9.59 Å². The van der Waals surface area contributed by atoms with Crippen LogP contribution in [0.4, 0.5) is 5.82 Å². The first-order valence-electron chi connectivity index (χ1n) is 10.3. The molecule has 0 unspecified atom stereocenters. The summed E-state index contributed by atoms with van der Waals surface area (Å²) in [6.07, 6.45) is 3.32. The van der Waals surface area contributed by atoms with Crippen molar-refractivity contribution in [2.75, 3.05) is 5.32 Å². The van der Waals surface area contributed by atoms with Crippen molar-refractivity contribution in [2.45, 2.75) is 62.8 Å². The second-order valence-corrected chi connectivity index (χ2v) is 9.93. The molecule has 5 nitrogen and oxygen atoms in total. The van der Waals surface area contributed by atoms with Gasteiger partial charge in [-0.15, -0.1) is 0 Å². The summed E-state index contributed by atoms with van der Waals surface area (Å²) >= 11 is 1.52. The minimum atomic E-state index is -0.354. The molecule has 2 atom stereocenters. The van der Waals surface area contributed by atoms with Gasteiger partial charge in [-0.2, -0.15) is 0 Å². The lowest BCUT2D eigenvalue weighted by atomic mass is 9.72. The number of H-pyrrole nitrogens is 1. The molecule has 1 aromatic heterocycles. The number of carbonyl (C=O) groups excluding carboxylic acids is 1. The van der Waals surface area contributed by atoms with Gasteiger partial charge >= 0.3 is 0 Å². The van der Waals surface area contributed by atoms with Gasteiger partial charge in [0.1, 0.15) is 11.6 Å². The summed E-state index contributed by atoms with van der Waals surface area (Å²) in [5.74, 6) is 0.510. The number of rotatable bonds is 4. The van der Waals surface area contributed by atoms with E-state index < -0.39 is 0 Å². The van der Waals surface area contributed by atoms with E-state index in [-0.39, 0.29) is 23.2 Å². The summed E-state index contributed by atoms with van der Waals surface area (Å²) in [5, 5.41) is 4.22. The molecule has 1 aromatic carbocycles. The van der Waals surface area contributed by atoms with Crippen molar-refractivity contribution < 1.29 is 4.79 Å². The Bertz CT molecular complexity index is 1020. The number of nitrogens with one attached hydrogen (secondary N) is 2. The fraction of sp³-hybridized carbons (Fsp3) is 0.435. The van der Waals surface area contributed by atoms with Crippen LogP contribution in [0.2, 0.25) is 0 Å². The molecule has 0 fully saturated rings. The molecule has 1 aliphatic heterocycles. The minimum Gasteiger partial charge on any atom is -0.343 e. The van der Waals surface area contributed by atoms with Gasteiger partial charge < -0.3 is 10.3 Å². The zero-order chi connectivity index (χ0) is 20.7. The average molecular weight is 410 g/mol. The smallest absolute Gasteiger partial charge is 0.257 e. The molecule has 2 N–H and O–H groups in total. The second-order valence-electron chi connectivity index (χ2n) is 8.37. The van der Waals surface area contributed by atoms with Gasteiger partial charge in [-0.1, -0.05) is 69.8 Å². The van der Waals surface area contributed by atoms with Crippen LogP contribution in [0.1, 0.15) is 69.1 Å². The van der Waals surface area contributed by atoms with Crippen molar-refractivity contribution in [1.82, 2.24) is 9.97 Å². The zero-order valence-electron chi connectivity index (χ0n) is 17.3. The number of thioether (sulfide) groups is 1. The Hall–Kier alpha value is -2.34. The average Bonchev–Trinajstić information content (AvgIpc) is 2.66. The highest BCUT2D eigenvalue weighted by molar-refractivity contribution is 7.99. The van der Waals surface area contributed by atoms with Gasteiger partial charge in [0.25, 0.3) is 5.56 Å². The lowest BCUT2D eigenvalue weighted by Crippen LogP contribution is -2.38. The summed E-state index contributed by atoms with van der Waals surface area (Å²) in [4.78, 5) is 33.7. The molecule has 2 aliphatic rings. The lowest BCUT2D eigenvalue weighted by molar-refractivity contribution is -0.122. The number of Topliss-reactive ketones (excluding diaryl/α,β-unsaturated/α-hetero) is 1. The summed E-state index contributed by atoms with van der Waals surface area (Å²) in [7, 11) is 0. The van der Waals surface area contributed by atoms with Gasteiger partial charge in [-0.25, -0.2) is 4.98 Å². The molecule has 0 radical (unpaired) electrons. The quantitative estimate of drug-likeness (QED) is 0.560. The maximum Gasteiger partial charge on any atom is 0.257 e. The van der Waals surface area contributed by atoms with Crippen molar-refractivity contribution in [3.8, 4) is 0 Å². The largest absolute Gasteiger partial charge is 0.343 e. The first-order valence-corrected chi connectivity index (χ1v) is 11.1. The molecule has 4 rings (SSSR count). The fourth-order valence-electron chi connectivity index (χ4n) is 4.20. The summed E-state index contributed by atoms with van der Waals surface area (Å²) in [6.45, 7) is 8.44. The molecule has 2 aromatic rings. The van der Waals surface area contributed by atoms with Gasteiger partial charge in [-0.3, -0.25) is 9.59 Å². The highest BCUT2D eigenvalue weighted by Gasteiger charge is 2.42. The number of benzene rings is 1. The van der Waals surface area contributed by atoms with Gasteiger partial charge in [0, 0.05) is 23.3 Å². The summed E-state index contributed by atoms with van der Waals surface area (Å²) in [5.41, 5.74) is 3.50. The topological polar surface area (TPSA) is 74.8 Å². The first-order chi connectivity index (χ1) is 13.8. The van der Waals surface area contributed by atoms with E-state index in [0.29, 0.717) is 34.1 Å². The van der Waals surface area contributed by atoms with E-state index in [4.69, 9.17) is 4.98 Å². The first kappa shape index (κ1) is 20.0. The molecule has 0 amide bonds. The molecular formula is C23H27N3O2S. The molecule has 0 saturated heterocycles. The number of anilines is 1. The van der Waals surface area contributed by atoms with Crippen LogP contribution in [0, 0.1) is 5.92 Å². The summed E-state index contributed by atoms with van der Waals surface area (Å²) in [6, 6.07) is 8.32. The maximum atomic E-state index is 13.1. The molecule has 6 heteroatoms. The molecule has 0 saturated carbocycles. The van der Waals surface area contributed by atoms with E-state index in [1.165, 1.54) is 17.3 Å². The highest BCUT2D eigenvalue weighted by Crippen LogP contribution is 2.45. The fourth-order valence-corrected chi connectivity index (χ4v) is 4.94. The van der Waals surface area contributed by atoms with Gasteiger partial charge in [0.2, 0.25) is 0 Å². The molecule has 0 spiro atoms. The van der Waals surface area contributed by atoms with Crippen LogP contribution in [0.3, 0.4) is 0 Å². The zero-order valence-corrected chi connectivity index (χ0v) is 18.1. The Morgan fingerprint density at radius 3 is 2.45 bits per heavy atom. The van der Waals surface area contributed by atoms with Gasteiger partial charge in [0.05, 0.1) is 11.5 Å². The lowest BCUT2D eigenvalue weighted by Gasteiger charge is -2.36. The van der Waals surface area contributed by atoms with Gasteiger partial charge in [0.15, 0.2) is 5.16 Å². The number of aromatic nitrogens is 2. The SMILES string of the molecule is CC(C)Sc1nc2c(c(=O)[nH]1)[C@H](c1ccc(C(C)C)cc1)[C@H]1C(=O)CCC=C1N2. The van der Waals surface area contributed by atoms with Crippen LogP contribution in [-0.4, -0.2) is 21.0 Å². The number of ketones is 1. The maximum absolute atomic E-state index is 13.1. The number of nitrogens with zero attached hydrogens (tertiary/aromatic N) is 1. The predicted octanol–water partition coefficient (Wildman–Crippen LogP) is 4.81. The third-order valence-corrected chi connectivity index (χ3v) is 6.48. The molecule has 1 aliphatic carbocycles. The molecule has 29 heavy (non-hydrogen) atoms. The molecule has 2 heterocycles. The Labute approximate surface area is 175 Å². The van der Waals surface area contributed by atoms with Crippen LogP contribution < -0.4 is 10.9 Å². The monoisotopic (exact) mass is 409 g/mol.